The van der Waals surface area contributed by atoms with Crippen molar-refractivity contribution in [3.63, 3.8) is 0 Å². The maximum atomic E-state index is 11.1. The molecule has 1 aromatic carbocycles. The Morgan fingerprint density at radius 2 is 1.69 bits per heavy atom. The second kappa shape index (κ2) is 3.47. The fourth-order valence-electron chi connectivity index (χ4n) is 1.04. The van der Waals surface area contributed by atoms with Crippen molar-refractivity contribution in [1.82, 2.24) is 0 Å². The Balaban J connectivity index is 3.08. The number of hydrogen-bond acceptors (Lipinski definition) is 2. The molecule has 1 atom stereocenters. The molecule has 0 amide bonds. The lowest BCUT2D eigenvalue weighted by molar-refractivity contribution is -0.420. The summed E-state index contributed by atoms with van der Waals surface area (Å²) in [6.45, 7) is 1.97. The van der Waals surface area contributed by atoms with Crippen molar-refractivity contribution in [2.75, 3.05) is 6.26 Å². The van der Waals surface area contributed by atoms with Gasteiger partial charge >= 0.3 is 0 Å². The lowest BCUT2D eigenvalue weighted by atomic mass is 10.1. The standard InChI is InChI=1S/C9H13NO2S/c1-7(10)8-3-5-9(6-4-8)13(2,11)12/h3-7H,10H2,1-2H3/p+1/t7-/m0/s1. The number of hydrogen-bond donors (Lipinski definition) is 1. The van der Waals surface area contributed by atoms with E-state index in [9.17, 15) is 8.42 Å². The fraction of sp³-hybridized carbons (Fsp3) is 0.333. The molecule has 13 heavy (non-hydrogen) atoms. The van der Waals surface area contributed by atoms with Crippen LogP contribution < -0.4 is 5.73 Å². The molecule has 3 nitrogen and oxygen atoms in total. The maximum absolute atomic E-state index is 11.1. The summed E-state index contributed by atoms with van der Waals surface area (Å²) in [6.07, 6.45) is 1.20. The molecule has 0 saturated heterocycles. The van der Waals surface area contributed by atoms with E-state index in [1.165, 1.54) is 6.26 Å². The van der Waals surface area contributed by atoms with Crippen LogP contribution in [-0.2, 0) is 9.84 Å². The number of rotatable bonds is 2. The van der Waals surface area contributed by atoms with Gasteiger partial charge in [0.05, 0.1) is 4.90 Å². The van der Waals surface area contributed by atoms with Crippen LogP contribution in [0, 0.1) is 0 Å². The van der Waals surface area contributed by atoms with Gasteiger partial charge in [0.2, 0.25) is 0 Å². The smallest absolute Gasteiger partial charge is 0.175 e. The molecule has 0 radical (unpaired) electrons. The molecule has 1 aromatic rings. The van der Waals surface area contributed by atoms with E-state index in [1.807, 2.05) is 6.92 Å². The average molecular weight is 200 g/mol. The van der Waals surface area contributed by atoms with Crippen molar-refractivity contribution >= 4 is 9.84 Å². The highest BCUT2D eigenvalue weighted by molar-refractivity contribution is 7.90. The van der Waals surface area contributed by atoms with Crippen LogP contribution in [0.2, 0.25) is 0 Å². The Morgan fingerprint density at radius 3 is 2.00 bits per heavy atom. The van der Waals surface area contributed by atoms with Gasteiger partial charge in [-0.25, -0.2) is 8.42 Å². The lowest BCUT2D eigenvalue weighted by Crippen LogP contribution is -2.51. The van der Waals surface area contributed by atoms with Crippen LogP contribution in [0.15, 0.2) is 29.2 Å². The minimum Gasteiger partial charge on any atom is -0.352 e. The van der Waals surface area contributed by atoms with Crippen molar-refractivity contribution in [2.24, 2.45) is 0 Å². The summed E-state index contributed by atoms with van der Waals surface area (Å²) < 4.78 is 22.2. The van der Waals surface area contributed by atoms with Gasteiger partial charge in [-0.1, -0.05) is 12.1 Å². The van der Waals surface area contributed by atoms with Crippen molar-refractivity contribution < 1.29 is 14.2 Å². The first-order valence-electron chi connectivity index (χ1n) is 4.04. The van der Waals surface area contributed by atoms with Gasteiger partial charge in [0, 0.05) is 11.8 Å². The molecule has 0 heterocycles. The largest absolute Gasteiger partial charge is 0.352 e. The van der Waals surface area contributed by atoms with Gasteiger partial charge in [-0.2, -0.15) is 0 Å². The van der Waals surface area contributed by atoms with Crippen LogP contribution in [0.1, 0.15) is 18.5 Å². The summed E-state index contributed by atoms with van der Waals surface area (Å²) >= 11 is 0. The van der Waals surface area contributed by atoms with Crippen LogP contribution >= 0.6 is 0 Å². The molecule has 0 aliphatic heterocycles. The number of quaternary nitrogens is 1. The summed E-state index contributed by atoms with van der Waals surface area (Å²) in [7, 11) is -3.07. The molecule has 0 unspecified atom stereocenters. The Labute approximate surface area is 78.5 Å². The van der Waals surface area contributed by atoms with Gasteiger partial charge in [-0.05, 0) is 19.1 Å². The molecule has 0 aromatic heterocycles. The molecule has 4 heteroatoms. The van der Waals surface area contributed by atoms with Gasteiger partial charge in [0.15, 0.2) is 9.84 Å². The topological polar surface area (TPSA) is 61.8 Å². The fourth-order valence-corrected chi connectivity index (χ4v) is 1.67. The van der Waals surface area contributed by atoms with Crippen molar-refractivity contribution in [2.45, 2.75) is 17.9 Å². The van der Waals surface area contributed by atoms with Gasteiger partial charge in [-0.3, -0.25) is 0 Å². The highest BCUT2D eigenvalue weighted by Gasteiger charge is 2.07. The van der Waals surface area contributed by atoms with Crippen molar-refractivity contribution in [3.8, 4) is 0 Å². The lowest BCUT2D eigenvalue weighted by Gasteiger charge is -2.03. The van der Waals surface area contributed by atoms with E-state index in [0.717, 1.165) is 5.56 Å². The molecule has 0 saturated carbocycles. The minimum atomic E-state index is -3.07. The maximum Gasteiger partial charge on any atom is 0.175 e. The first-order valence-corrected chi connectivity index (χ1v) is 5.93. The van der Waals surface area contributed by atoms with Crippen LogP contribution in [0.25, 0.3) is 0 Å². The summed E-state index contributed by atoms with van der Waals surface area (Å²) in [6, 6.07) is 7.02. The van der Waals surface area contributed by atoms with E-state index in [2.05, 4.69) is 5.73 Å². The third-order valence-electron chi connectivity index (χ3n) is 1.88. The average Bonchev–Trinajstić information content (AvgIpc) is 2.03. The van der Waals surface area contributed by atoms with E-state index < -0.39 is 9.84 Å². The van der Waals surface area contributed by atoms with Crippen molar-refractivity contribution in [1.29, 1.82) is 0 Å². The van der Waals surface area contributed by atoms with E-state index in [4.69, 9.17) is 0 Å². The van der Waals surface area contributed by atoms with Gasteiger partial charge in [0.1, 0.15) is 6.04 Å². The molecule has 3 N–H and O–H groups in total. The molecular weight excluding hydrogens is 186 g/mol. The molecule has 72 valence electrons. The summed E-state index contributed by atoms with van der Waals surface area (Å²) in [5.41, 5.74) is 4.90. The normalized spacial score (nSPS) is 14.1. The van der Waals surface area contributed by atoms with E-state index in [0.29, 0.717) is 4.90 Å². The number of sulfone groups is 1. The summed E-state index contributed by atoms with van der Waals surface area (Å²) in [5.74, 6) is 0. The zero-order valence-corrected chi connectivity index (χ0v) is 8.64. The van der Waals surface area contributed by atoms with Gasteiger partial charge in [-0.15, -0.1) is 0 Å². The molecule has 0 aliphatic carbocycles. The summed E-state index contributed by atoms with van der Waals surface area (Å²) in [5, 5.41) is 0. The van der Waals surface area contributed by atoms with Crippen LogP contribution in [0.5, 0.6) is 0 Å². The molecule has 0 aliphatic rings. The predicted octanol–water partition coefficient (Wildman–Crippen LogP) is 0.393. The van der Waals surface area contributed by atoms with Crippen LogP contribution in [0.3, 0.4) is 0 Å². The molecule has 0 fully saturated rings. The third kappa shape index (κ3) is 2.54. The van der Waals surface area contributed by atoms with E-state index in [-0.39, 0.29) is 6.04 Å². The van der Waals surface area contributed by atoms with Crippen LogP contribution in [-0.4, -0.2) is 14.7 Å². The summed E-state index contributed by atoms with van der Waals surface area (Å²) in [4.78, 5) is 0.358. The quantitative estimate of drug-likeness (QED) is 0.750. The highest BCUT2D eigenvalue weighted by Crippen LogP contribution is 2.13. The van der Waals surface area contributed by atoms with Gasteiger partial charge < -0.3 is 5.73 Å². The number of benzene rings is 1. The first kappa shape index (κ1) is 10.2. The molecule has 1 rings (SSSR count). The van der Waals surface area contributed by atoms with Crippen molar-refractivity contribution in [3.05, 3.63) is 29.8 Å². The Hall–Kier alpha value is -0.870. The Kier molecular flexibility index (Phi) is 2.73. The SMILES string of the molecule is C[C@H]([NH3+])c1ccc(S(C)(=O)=O)cc1. The zero-order chi connectivity index (χ0) is 10.1. The Morgan fingerprint density at radius 1 is 1.23 bits per heavy atom. The molecule has 0 spiro atoms. The van der Waals surface area contributed by atoms with E-state index >= 15 is 0 Å². The predicted molar refractivity (Wildman–Crippen MR) is 50.9 cm³/mol. The second-order valence-electron chi connectivity index (χ2n) is 3.24. The Bertz CT molecular complexity index is 379. The second-order valence-corrected chi connectivity index (χ2v) is 5.26. The monoisotopic (exact) mass is 200 g/mol. The zero-order valence-electron chi connectivity index (χ0n) is 7.82. The van der Waals surface area contributed by atoms with Crippen LogP contribution in [0.4, 0.5) is 0 Å². The third-order valence-corrected chi connectivity index (χ3v) is 3.01. The first-order chi connectivity index (χ1) is 5.91. The molecule has 0 bridgehead atoms. The van der Waals surface area contributed by atoms with E-state index in [1.54, 1.807) is 24.3 Å². The molecular formula is C9H14NO2S+. The van der Waals surface area contributed by atoms with Gasteiger partial charge in [0.25, 0.3) is 0 Å². The highest BCUT2D eigenvalue weighted by atomic mass is 32.2. The minimum absolute atomic E-state index is 0.189.